The van der Waals surface area contributed by atoms with Gasteiger partial charge < -0.3 is 25.7 Å². The Kier molecular flexibility index (Phi) is 8.47. The molecule has 1 saturated heterocycles. The summed E-state index contributed by atoms with van der Waals surface area (Å²) >= 11 is 0. The summed E-state index contributed by atoms with van der Waals surface area (Å²) in [7, 11) is 0. The van der Waals surface area contributed by atoms with Gasteiger partial charge in [-0.15, -0.1) is 10.2 Å². The summed E-state index contributed by atoms with van der Waals surface area (Å²) in [6, 6.07) is 4.32. The van der Waals surface area contributed by atoms with E-state index in [4.69, 9.17) is 0 Å². The number of benzene rings is 1. The molecule has 12 heteroatoms. The Balaban J connectivity index is 1.41. The van der Waals surface area contributed by atoms with E-state index in [-0.39, 0.29) is 18.8 Å². The van der Waals surface area contributed by atoms with Crippen LogP contribution < -0.4 is 5.32 Å². The van der Waals surface area contributed by atoms with Crippen LogP contribution in [0.2, 0.25) is 0 Å². The topological polar surface area (TPSA) is 170 Å². The third-order valence-electron chi connectivity index (χ3n) is 5.80. The number of nitro benzene ring substituents is 1. The Morgan fingerprint density at radius 1 is 1.09 bits per heavy atom. The van der Waals surface area contributed by atoms with Gasteiger partial charge in [0, 0.05) is 19.2 Å². The number of nitrogens with zero attached hydrogens (tertiary/aromatic N) is 5. The number of aliphatic hydroxyl groups excluding tert-OH is 4. The van der Waals surface area contributed by atoms with Crippen LogP contribution in [0.3, 0.4) is 0 Å². The molecule has 0 amide bonds. The number of aromatic nitrogens is 3. The van der Waals surface area contributed by atoms with Crippen LogP contribution in [0, 0.1) is 10.1 Å². The fraction of sp³-hybridized carbons (Fsp3) is 0.600. The molecule has 0 radical (unpaired) electrons. The molecular formula is C20H30N6O6. The molecular weight excluding hydrogens is 420 g/mol. The van der Waals surface area contributed by atoms with Gasteiger partial charge in [0.25, 0.3) is 5.69 Å². The van der Waals surface area contributed by atoms with E-state index in [1.54, 1.807) is 21.6 Å². The molecule has 1 aromatic carbocycles. The van der Waals surface area contributed by atoms with Crippen LogP contribution in [0.25, 0.3) is 5.69 Å². The minimum Gasteiger partial charge on any atom is -0.395 e. The van der Waals surface area contributed by atoms with Gasteiger partial charge in [-0.05, 0) is 31.5 Å². The lowest BCUT2D eigenvalue weighted by Gasteiger charge is -2.43. The number of likely N-dealkylation sites (tertiary alicyclic amines) is 1. The molecule has 2 heterocycles. The van der Waals surface area contributed by atoms with Crippen molar-refractivity contribution < 1.29 is 25.3 Å². The molecule has 0 spiro atoms. The molecule has 5 N–H and O–H groups in total. The van der Waals surface area contributed by atoms with Gasteiger partial charge in [0.1, 0.15) is 30.5 Å². The Bertz CT molecular complexity index is 866. The first-order valence-corrected chi connectivity index (χ1v) is 10.7. The lowest BCUT2D eigenvalue weighted by Crippen LogP contribution is -2.62. The van der Waals surface area contributed by atoms with Crippen molar-refractivity contribution in [3.05, 3.63) is 41.0 Å². The largest absolute Gasteiger partial charge is 0.395 e. The lowest BCUT2D eigenvalue weighted by molar-refractivity contribution is -0.383. The standard InChI is InChI=1S/C20H30N6O6/c27-11-17-19(29)20(30)18(28)10-24(17)8-4-2-1-3-7-21-15-6-5-14(9-16(15)26(31)32)25-12-22-23-13-25/h5-6,9,12-13,17-21,27-30H,1-4,7-8,10-11H2/t17-,18+,19-,20-/m1/s1. The molecule has 2 aromatic rings. The molecule has 12 nitrogen and oxygen atoms in total. The van der Waals surface area contributed by atoms with Crippen molar-refractivity contribution in [3.63, 3.8) is 0 Å². The maximum atomic E-state index is 11.4. The van der Waals surface area contributed by atoms with E-state index >= 15 is 0 Å². The Morgan fingerprint density at radius 2 is 1.81 bits per heavy atom. The van der Waals surface area contributed by atoms with Crippen molar-refractivity contribution in [2.45, 2.75) is 50.0 Å². The molecule has 0 aliphatic carbocycles. The summed E-state index contributed by atoms with van der Waals surface area (Å²) in [5.74, 6) is 0. The summed E-state index contributed by atoms with van der Waals surface area (Å²) in [6.07, 6.45) is 2.89. The van der Waals surface area contributed by atoms with Crippen molar-refractivity contribution in [1.82, 2.24) is 19.7 Å². The second-order valence-electron chi connectivity index (χ2n) is 7.96. The molecule has 1 aliphatic rings. The minimum atomic E-state index is -1.25. The zero-order valence-corrected chi connectivity index (χ0v) is 17.7. The predicted octanol–water partition coefficient (Wildman–Crippen LogP) is -0.0930. The first-order chi connectivity index (χ1) is 15.4. The van der Waals surface area contributed by atoms with E-state index < -0.39 is 29.3 Å². The van der Waals surface area contributed by atoms with Crippen LogP contribution in [0.4, 0.5) is 11.4 Å². The van der Waals surface area contributed by atoms with Crippen LogP contribution in [0.1, 0.15) is 25.7 Å². The predicted molar refractivity (Wildman–Crippen MR) is 115 cm³/mol. The van der Waals surface area contributed by atoms with E-state index in [1.807, 2.05) is 0 Å². The van der Waals surface area contributed by atoms with Crippen molar-refractivity contribution in [1.29, 1.82) is 0 Å². The number of nitrogens with one attached hydrogen (secondary N) is 1. The average Bonchev–Trinajstić information content (AvgIpc) is 3.32. The summed E-state index contributed by atoms with van der Waals surface area (Å²) < 4.78 is 1.60. The summed E-state index contributed by atoms with van der Waals surface area (Å²) in [5, 5.41) is 61.1. The van der Waals surface area contributed by atoms with Gasteiger partial charge in [0.2, 0.25) is 0 Å². The van der Waals surface area contributed by atoms with Crippen LogP contribution in [0.5, 0.6) is 0 Å². The van der Waals surface area contributed by atoms with Crippen molar-refractivity contribution >= 4 is 11.4 Å². The smallest absolute Gasteiger partial charge is 0.294 e. The normalized spacial score (nSPS) is 23.9. The Morgan fingerprint density at radius 3 is 2.50 bits per heavy atom. The van der Waals surface area contributed by atoms with Gasteiger partial charge in [-0.1, -0.05) is 12.8 Å². The zero-order valence-electron chi connectivity index (χ0n) is 17.7. The van der Waals surface area contributed by atoms with E-state index in [0.717, 1.165) is 25.7 Å². The number of anilines is 1. The second kappa shape index (κ2) is 11.3. The minimum absolute atomic E-state index is 0.0179. The number of piperidine rings is 1. The molecule has 1 aliphatic heterocycles. The Hall–Kier alpha value is -2.64. The van der Waals surface area contributed by atoms with Crippen molar-refractivity contribution in [2.75, 3.05) is 31.6 Å². The van der Waals surface area contributed by atoms with E-state index in [0.29, 0.717) is 24.5 Å². The molecule has 176 valence electrons. The highest BCUT2D eigenvalue weighted by Gasteiger charge is 2.40. The third-order valence-corrected chi connectivity index (χ3v) is 5.80. The van der Waals surface area contributed by atoms with Gasteiger partial charge >= 0.3 is 0 Å². The molecule has 0 unspecified atom stereocenters. The third kappa shape index (κ3) is 5.78. The van der Waals surface area contributed by atoms with Crippen LogP contribution in [-0.2, 0) is 0 Å². The van der Waals surface area contributed by atoms with Crippen molar-refractivity contribution in [3.8, 4) is 5.69 Å². The van der Waals surface area contributed by atoms with E-state index in [2.05, 4.69) is 15.5 Å². The number of rotatable bonds is 11. The maximum absolute atomic E-state index is 11.4. The summed E-state index contributed by atoms with van der Waals surface area (Å²) in [4.78, 5) is 12.8. The SMILES string of the molecule is O=[N+]([O-])c1cc(-n2cnnc2)ccc1NCCCCCCN1C[C@H](O)[C@@H](O)[C@H](O)[C@H]1CO. The van der Waals surface area contributed by atoms with Crippen LogP contribution in [0.15, 0.2) is 30.9 Å². The molecule has 32 heavy (non-hydrogen) atoms. The molecule has 0 saturated carbocycles. The first kappa shape index (κ1) is 24.0. The van der Waals surface area contributed by atoms with Crippen molar-refractivity contribution in [2.24, 2.45) is 0 Å². The molecule has 1 aromatic heterocycles. The number of unbranched alkanes of at least 4 members (excludes halogenated alkanes) is 3. The van der Waals surface area contributed by atoms with Crippen LogP contribution in [-0.4, -0.2) is 95.6 Å². The summed E-state index contributed by atoms with van der Waals surface area (Å²) in [6.45, 7) is 1.10. The first-order valence-electron chi connectivity index (χ1n) is 10.7. The number of nitro groups is 1. The monoisotopic (exact) mass is 450 g/mol. The highest BCUT2D eigenvalue weighted by atomic mass is 16.6. The fourth-order valence-corrected chi connectivity index (χ4v) is 3.97. The van der Waals surface area contributed by atoms with Gasteiger partial charge in [-0.25, -0.2) is 0 Å². The molecule has 1 fully saturated rings. The van der Waals surface area contributed by atoms with Gasteiger partial charge in [-0.3, -0.25) is 19.6 Å². The Labute approximate surface area is 185 Å². The number of aliphatic hydroxyl groups is 4. The van der Waals surface area contributed by atoms with E-state index in [9.17, 15) is 30.5 Å². The molecule has 3 rings (SSSR count). The number of β-amino-alcohol motifs (C(OH)–C–C–N with tert-alkyl or cyclic N) is 1. The van der Waals surface area contributed by atoms with Gasteiger partial charge in [-0.2, -0.15) is 0 Å². The lowest BCUT2D eigenvalue weighted by atomic mass is 9.94. The average molecular weight is 450 g/mol. The highest BCUT2D eigenvalue weighted by molar-refractivity contribution is 5.65. The fourth-order valence-electron chi connectivity index (χ4n) is 3.97. The van der Waals surface area contributed by atoms with Gasteiger partial charge in [0.15, 0.2) is 0 Å². The van der Waals surface area contributed by atoms with Gasteiger partial charge in [0.05, 0.1) is 29.4 Å². The van der Waals surface area contributed by atoms with E-state index in [1.165, 1.54) is 18.7 Å². The second-order valence-corrected chi connectivity index (χ2v) is 7.96. The maximum Gasteiger partial charge on any atom is 0.294 e. The zero-order chi connectivity index (χ0) is 23.1. The van der Waals surface area contributed by atoms with Crippen LogP contribution >= 0.6 is 0 Å². The summed E-state index contributed by atoms with van der Waals surface area (Å²) in [5.41, 5.74) is 1.04. The molecule has 4 atom stereocenters. The number of hydrogen-bond donors (Lipinski definition) is 5. The number of hydrogen-bond acceptors (Lipinski definition) is 10. The molecule has 0 bridgehead atoms. The highest BCUT2D eigenvalue weighted by Crippen LogP contribution is 2.27. The quantitative estimate of drug-likeness (QED) is 0.177.